The fourth-order valence-electron chi connectivity index (χ4n) is 3.03. The summed E-state index contributed by atoms with van der Waals surface area (Å²) in [6.07, 6.45) is 2.22. The van der Waals surface area contributed by atoms with Crippen molar-refractivity contribution in [2.45, 2.75) is 33.6 Å². The summed E-state index contributed by atoms with van der Waals surface area (Å²) in [4.78, 5) is 10.9. The Bertz CT molecular complexity index is 1080. The van der Waals surface area contributed by atoms with Crippen LogP contribution in [0, 0.1) is 13.8 Å². The van der Waals surface area contributed by atoms with Gasteiger partial charge >= 0.3 is 0 Å². The number of benzene rings is 2. The summed E-state index contributed by atoms with van der Waals surface area (Å²) >= 11 is 3.35. The molecule has 0 spiro atoms. The highest BCUT2D eigenvalue weighted by molar-refractivity contribution is 7.21. The van der Waals surface area contributed by atoms with Crippen molar-refractivity contribution in [3.8, 4) is 38.3 Å². The second-order valence-electron chi connectivity index (χ2n) is 7.05. The summed E-state index contributed by atoms with van der Waals surface area (Å²) in [5.74, 6) is 0.913. The molecule has 0 saturated heterocycles. The lowest BCUT2D eigenvalue weighted by Gasteiger charge is -2.05. The van der Waals surface area contributed by atoms with E-state index >= 15 is 0 Å². The van der Waals surface area contributed by atoms with Gasteiger partial charge < -0.3 is 4.74 Å². The van der Waals surface area contributed by atoms with E-state index in [0.717, 1.165) is 57.7 Å². The Kier molecular flexibility index (Phi) is 6.07. The van der Waals surface area contributed by atoms with E-state index in [9.17, 15) is 0 Å². The summed E-state index contributed by atoms with van der Waals surface area (Å²) in [5.41, 5.74) is 5.55. The van der Waals surface area contributed by atoms with Gasteiger partial charge in [-0.05, 0) is 44.5 Å². The summed E-state index contributed by atoms with van der Waals surface area (Å²) in [6.45, 7) is 7.16. The van der Waals surface area contributed by atoms with Crippen molar-refractivity contribution in [2.75, 3.05) is 6.61 Å². The maximum atomic E-state index is 5.75. The van der Waals surface area contributed by atoms with Gasteiger partial charge in [-0.15, -0.1) is 22.7 Å². The van der Waals surface area contributed by atoms with Crippen LogP contribution in [0.5, 0.6) is 5.75 Å². The molecule has 3 nitrogen and oxygen atoms in total. The van der Waals surface area contributed by atoms with E-state index in [1.54, 1.807) is 22.7 Å². The van der Waals surface area contributed by atoms with Crippen LogP contribution in [0.25, 0.3) is 32.5 Å². The van der Waals surface area contributed by atoms with Gasteiger partial charge in [0.15, 0.2) is 10.0 Å². The first-order valence-electron chi connectivity index (χ1n) is 9.87. The first-order valence-corrected chi connectivity index (χ1v) is 11.6. The Labute approximate surface area is 180 Å². The fourth-order valence-corrected chi connectivity index (χ4v) is 4.83. The first kappa shape index (κ1) is 19.8. The summed E-state index contributed by atoms with van der Waals surface area (Å²) in [5, 5.41) is 4.05. The van der Waals surface area contributed by atoms with Crippen LogP contribution in [-0.2, 0) is 0 Å². The Morgan fingerprint density at radius 3 is 2.31 bits per heavy atom. The predicted molar refractivity (Wildman–Crippen MR) is 124 cm³/mol. The lowest BCUT2D eigenvalue weighted by molar-refractivity contribution is 0.309. The number of rotatable bonds is 7. The zero-order valence-corrected chi connectivity index (χ0v) is 18.6. The van der Waals surface area contributed by atoms with Gasteiger partial charge in [0, 0.05) is 21.4 Å². The number of aromatic nitrogens is 2. The van der Waals surface area contributed by atoms with Gasteiger partial charge in [0.25, 0.3) is 0 Å². The van der Waals surface area contributed by atoms with E-state index in [2.05, 4.69) is 62.5 Å². The molecule has 0 aliphatic rings. The van der Waals surface area contributed by atoms with E-state index in [1.165, 1.54) is 10.4 Å². The Hall–Kier alpha value is -2.50. The zero-order valence-electron chi connectivity index (χ0n) is 16.9. The van der Waals surface area contributed by atoms with Crippen LogP contribution in [0.4, 0.5) is 0 Å². The molecule has 5 heteroatoms. The van der Waals surface area contributed by atoms with Crippen molar-refractivity contribution in [3.05, 3.63) is 64.4 Å². The minimum atomic E-state index is 0.767. The van der Waals surface area contributed by atoms with Gasteiger partial charge in [0.05, 0.1) is 18.0 Å². The number of nitrogens with zero attached hydrogens (tertiary/aromatic N) is 2. The monoisotopic (exact) mass is 420 g/mol. The number of hydrogen-bond donors (Lipinski definition) is 0. The van der Waals surface area contributed by atoms with Gasteiger partial charge in [-0.25, -0.2) is 9.97 Å². The van der Waals surface area contributed by atoms with E-state index < -0.39 is 0 Å². The minimum Gasteiger partial charge on any atom is -0.494 e. The summed E-state index contributed by atoms with van der Waals surface area (Å²) in [6, 6.07) is 16.7. The van der Waals surface area contributed by atoms with Crippen molar-refractivity contribution >= 4 is 22.7 Å². The molecule has 0 aliphatic carbocycles. The Morgan fingerprint density at radius 2 is 1.59 bits per heavy atom. The molecule has 0 unspecified atom stereocenters. The van der Waals surface area contributed by atoms with Gasteiger partial charge in [-0.3, -0.25) is 0 Å². The van der Waals surface area contributed by atoms with Gasteiger partial charge in [-0.1, -0.05) is 43.2 Å². The molecule has 0 radical (unpaired) electrons. The van der Waals surface area contributed by atoms with E-state index in [1.807, 2.05) is 12.1 Å². The fraction of sp³-hybridized carbons (Fsp3) is 0.250. The maximum absolute atomic E-state index is 5.75. The summed E-state index contributed by atoms with van der Waals surface area (Å²) < 4.78 is 5.75. The molecular weight excluding hydrogens is 396 g/mol. The highest BCUT2D eigenvalue weighted by Crippen LogP contribution is 2.36. The highest BCUT2D eigenvalue weighted by Gasteiger charge is 2.15. The zero-order chi connectivity index (χ0) is 20.2. The van der Waals surface area contributed by atoms with Gasteiger partial charge in [-0.2, -0.15) is 0 Å². The molecule has 0 atom stereocenters. The molecule has 0 N–H and O–H groups in total. The Morgan fingerprint density at radius 1 is 0.862 bits per heavy atom. The molecule has 2 aromatic carbocycles. The van der Waals surface area contributed by atoms with Crippen LogP contribution < -0.4 is 4.74 Å². The maximum Gasteiger partial charge on any atom is 0.153 e. The smallest absolute Gasteiger partial charge is 0.153 e. The van der Waals surface area contributed by atoms with Crippen molar-refractivity contribution in [3.63, 3.8) is 0 Å². The quantitative estimate of drug-likeness (QED) is 0.292. The standard InChI is InChI=1S/C24H24N2OS2/c1-4-5-14-27-20-12-10-18(11-13-20)21-15-28-23(25-21)24-26-22(17(3)29-24)19-8-6-16(2)7-9-19/h6-13,15H,4-5,14H2,1-3H3. The number of aryl methyl sites for hydroxylation is 2. The summed E-state index contributed by atoms with van der Waals surface area (Å²) in [7, 11) is 0. The van der Waals surface area contributed by atoms with Crippen LogP contribution in [-0.4, -0.2) is 16.6 Å². The predicted octanol–water partition coefficient (Wildman–Crippen LogP) is 7.40. The third kappa shape index (κ3) is 4.57. The molecular formula is C24H24N2OS2. The Balaban J connectivity index is 1.53. The molecule has 0 aliphatic heterocycles. The molecule has 148 valence electrons. The molecule has 0 bridgehead atoms. The van der Waals surface area contributed by atoms with Crippen molar-refractivity contribution in [1.29, 1.82) is 0 Å². The first-order chi connectivity index (χ1) is 14.1. The van der Waals surface area contributed by atoms with Crippen molar-refractivity contribution < 1.29 is 4.74 Å². The van der Waals surface area contributed by atoms with E-state index in [-0.39, 0.29) is 0 Å². The number of hydrogen-bond acceptors (Lipinski definition) is 5. The largest absolute Gasteiger partial charge is 0.494 e. The highest BCUT2D eigenvalue weighted by atomic mass is 32.1. The number of ether oxygens (including phenoxy) is 1. The minimum absolute atomic E-state index is 0.767. The molecule has 29 heavy (non-hydrogen) atoms. The average molecular weight is 421 g/mol. The molecule has 0 saturated carbocycles. The van der Waals surface area contributed by atoms with E-state index in [0.29, 0.717) is 0 Å². The molecule has 0 amide bonds. The van der Waals surface area contributed by atoms with Crippen LogP contribution in [0.3, 0.4) is 0 Å². The van der Waals surface area contributed by atoms with Crippen LogP contribution in [0.2, 0.25) is 0 Å². The van der Waals surface area contributed by atoms with Crippen molar-refractivity contribution in [2.24, 2.45) is 0 Å². The van der Waals surface area contributed by atoms with Crippen LogP contribution in [0.15, 0.2) is 53.9 Å². The van der Waals surface area contributed by atoms with Crippen molar-refractivity contribution in [1.82, 2.24) is 9.97 Å². The SMILES string of the molecule is CCCCOc1ccc(-c2csc(-c3nc(-c4ccc(C)cc4)c(C)s3)n2)cc1. The molecule has 0 fully saturated rings. The molecule has 2 aromatic heterocycles. The number of unbranched alkanes of at least 4 members (excludes halogenated alkanes) is 1. The van der Waals surface area contributed by atoms with Gasteiger partial charge in [0.2, 0.25) is 0 Å². The third-order valence-electron chi connectivity index (χ3n) is 4.73. The topological polar surface area (TPSA) is 35.0 Å². The van der Waals surface area contributed by atoms with E-state index in [4.69, 9.17) is 14.7 Å². The number of thiazole rings is 2. The van der Waals surface area contributed by atoms with Crippen LogP contribution in [0.1, 0.15) is 30.2 Å². The lowest BCUT2D eigenvalue weighted by atomic mass is 10.1. The van der Waals surface area contributed by atoms with Gasteiger partial charge in [0.1, 0.15) is 5.75 Å². The third-order valence-corrected chi connectivity index (χ3v) is 6.68. The second-order valence-corrected chi connectivity index (χ2v) is 9.12. The lowest BCUT2D eigenvalue weighted by Crippen LogP contribution is -1.95. The normalized spacial score (nSPS) is 11.0. The second kappa shape index (κ2) is 8.89. The van der Waals surface area contributed by atoms with Crippen LogP contribution >= 0.6 is 22.7 Å². The molecule has 4 aromatic rings. The molecule has 4 rings (SSSR count). The molecule has 2 heterocycles. The average Bonchev–Trinajstić information content (AvgIpc) is 3.36.